The number of allylic oxidation sites excluding steroid dienone is 4. The topological polar surface area (TPSA) is 129 Å². The fourth-order valence-electron chi connectivity index (χ4n) is 8.22. The third-order valence-electron chi connectivity index (χ3n) is 10.9. The van der Waals surface area contributed by atoms with E-state index in [1.54, 1.807) is 24.8 Å². The van der Waals surface area contributed by atoms with Gasteiger partial charge in [0.15, 0.2) is 23.1 Å². The van der Waals surface area contributed by atoms with Crippen molar-refractivity contribution < 1.29 is 8.83 Å². The molecule has 0 saturated heterocycles. The van der Waals surface area contributed by atoms with Gasteiger partial charge in [0, 0.05) is 52.4 Å². The van der Waals surface area contributed by atoms with Gasteiger partial charge in [-0.2, -0.15) is 0 Å². The van der Waals surface area contributed by atoms with Crippen LogP contribution in [0.1, 0.15) is 24.3 Å². The summed E-state index contributed by atoms with van der Waals surface area (Å²) < 4.78 is 12.5. The summed E-state index contributed by atoms with van der Waals surface area (Å²) in [7, 11) is 0. The molecule has 1 aliphatic carbocycles. The van der Waals surface area contributed by atoms with Crippen molar-refractivity contribution in [3.8, 4) is 34.2 Å². The summed E-state index contributed by atoms with van der Waals surface area (Å²) in [6.07, 6.45) is 12.8. The zero-order valence-corrected chi connectivity index (χ0v) is 30.7. The van der Waals surface area contributed by atoms with Gasteiger partial charge in [-0.3, -0.25) is 19.9 Å². The first-order valence-corrected chi connectivity index (χ1v) is 19.0. The molecule has 0 bridgehead atoms. The first-order chi connectivity index (χ1) is 28.7. The summed E-state index contributed by atoms with van der Waals surface area (Å²) in [6.45, 7) is 0. The number of rotatable bonds is 5. The van der Waals surface area contributed by atoms with E-state index < -0.39 is 0 Å². The Kier molecular flexibility index (Phi) is 7.12. The molecular formula is C48H28N8O2. The van der Waals surface area contributed by atoms with E-state index in [-0.39, 0.29) is 0 Å². The van der Waals surface area contributed by atoms with E-state index in [1.165, 1.54) is 5.57 Å². The Morgan fingerprint density at radius 1 is 0.379 bits per heavy atom. The highest BCUT2D eigenvalue weighted by molar-refractivity contribution is 6.16. The lowest BCUT2D eigenvalue weighted by Gasteiger charge is -2.17. The second-order valence-electron chi connectivity index (χ2n) is 14.3. The van der Waals surface area contributed by atoms with Crippen LogP contribution in [0.3, 0.4) is 0 Å². The van der Waals surface area contributed by atoms with Crippen LogP contribution in [0.25, 0.3) is 111 Å². The van der Waals surface area contributed by atoms with E-state index in [0.29, 0.717) is 34.4 Å². The van der Waals surface area contributed by atoms with Crippen LogP contribution in [0.2, 0.25) is 0 Å². The molecule has 1 aliphatic rings. The van der Waals surface area contributed by atoms with Gasteiger partial charge in [-0.15, -0.1) is 0 Å². The minimum atomic E-state index is 0.494. The lowest BCUT2D eigenvalue weighted by molar-refractivity contribution is 0.580. The summed E-state index contributed by atoms with van der Waals surface area (Å²) in [4.78, 5) is 38.8. The van der Waals surface area contributed by atoms with Gasteiger partial charge in [-0.25, -0.2) is 19.9 Å². The lowest BCUT2D eigenvalue weighted by Crippen LogP contribution is -2.03. The molecule has 0 radical (unpaired) electrons. The highest BCUT2D eigenvalue weighted by Gasteiger charge is 2.22. The number of benzene rings is 5. The van der Waals surface area contributed by atoms with Crippen LogP contribution in [0.5, 0.6) is 0 Å². The van der Waals surface area contributed by atoms with E-state index in [4.69, 9.17) is 28.8 Å². The van der Waals surface area contributed by atoms with Crippen molar-refractivity contribution in [2.75, 3.05) is 0 Å². The van der Waals surface area contributed by atoms with E-state index >= 15 is 0 Å². The van der Waals surface area contributed by atoms with Crippen LogP contribution in [0, 0.1) is 0 Å². The van der Waals surface area contributed by atoms with Gasteiger partial charge in [-0.1, -0.05) is 66.7 Å². The van der Waals surface area contributed by atoms with Crippen LogP contribution < -0.4 is 0 Å². The smallest absolute Gasteiger partial charge is 0.223 e. The van der Waals surface area contributed by atoms with Crippen molar-refractivity contribution >= 4 is 77.0 Å². The van der Waals surface area contributed by atoms with Crippen LogP contribution in [0.15, 0.2) is 155 Å². The second-order valence-corrected chi connectivity index (χ2v) is 14.3. The molecule has 0 amide bonds. The molecule has 6 heterocycles. The molecule has 11 aromatic rings. The molecule has 0 aliphatic heterocycles. The predicted molar refractivity (Wildman–Crippen MR) is 226 cm³/mol. The van der Waals surface area contributed by atoms with Crippen LogP contribution >= 0.6 is 0 Å². The zero-order chi connectivity index (χ0) is 38.2. The Morgan fingerprint density at radius 3 is 1.84 bits per heavy atom. The number of furan rings is 1. The molecule has 6 aromatic heterocycles. The van der Waals surface area contributed by atoms with Crippen molar-refractivity contribution in [3.63, 3.8) is 0 Å². The number of nitrogens with zero attached hydrogens (tertiary/aromatic N) is 8. The molecule has 5 aromatic carbocycles. The number of para-hydroxylation sites is 2. The molecule has 272 valence electrons. The van der Waals surface area contributed by atoms with Crippen molar-refractivity contribution in [1.82, 2.24) is 39.9 Å². The average molecular weight is 749 g/mol. The van der Waals surface area contributed by atoms with Gasteiger partial charge < -0.3 is 8.83 Å². The number of hydrogen-bond donors (Lipinski definition) is 0. The van der Waals surface area contributed by atoms with Crippen LogP contribution in [-0.4, -0.2) is 39.9 Å². The minimum absolute atomic E-state index is 0.494. The van der Waals surface area contributed by atoms with E-state index in [2.05, 4.69) is 74.6 Å². The molecule has 10 nitrogen and oxygen atoms in total. The Balaban J connectivity index is 0.979. The molecule has 0 atom stereocenters. The molecule has 0 saturated carbocycles. The third kappa shape index (κ3) is 5.12. The fraction of sp³-hybridized carbons (Fsp3) is 0.0417. The maximum absolute atomic E-state index is 6.36. The largest absolute Gasteiger partial charge is 0.456 e. The predicted octanol–water partition coefficient (Wildman–Crippen LogP) is 11.2. The summed E-state index contributed by atoms with van der Waals surface area (Å²) in [5.74, 6) is 2.17. The second kappa shape index (κ2) is 12.8. The first kappa shape index (κ1) is 32.3. The van der Waals surface area contributed by atoms with Crippen molar-refractivity contribution in [1.29, 1.82) is 0 Å². The molecular weight excluding hydrogens is 721 g/mol. The lowest BCUT2D eigenvalue weighted by atomic mass is 9.89. The summed E-state index contributed by atoms with van der Waals surface area (Å²) in [5, 5.41) is 4.16. The van der Waals surface area contributed by atoms with Crippen molar-refractivity contribution in [2.24, 2.45) is 0 Å². The number of pyridine rings is 2. The van der Waals surface area contributed by atoms with Crippen LogP contribution in [-0.2, 0) is 0 Å². The van der Waals surface area contributed by atoms with Crippen molar-refractivity contribution in [3.05, 3.63) is 158 Å². The summed E-state index contributed by atoms with van der Waals surface area (Å²) >= 11 is 0. The Bertz CT molecular complexity index is 3440. The summed E-state index contributed by atoms with van der Waals surface area (Å²) in [6, 6.07) is 36.3. The normalized spacial score (nSPS) is 13.2. The maximum atomic E-state index is 6.36. The van der Waals surface area contributed by atoms with E-state index in [9.17, 15) is 0 Å². The van der Waals surface area contributed by atoms with Gasteiger partial charge in [0.2, 0.25) is 5.89 Å². The van der Waals surface area contributed by atoms with Gasteiger partial charge in [0.25, 0.3) is 0 Å². The molecule has 58 heavy (non-hydrogen) atoms. The highest BCUT2D eigenvalue weighted by Crippen LogP contribution is 2.40. The Labute approximate surface area is 329 Å². The van der Waals surface area contributed by atoms with Crippen LogP contribution in [0.4, 0.5) is 0 Å². The molecule has 12 rings (SSSR count). The number of fused-ring (bicyclic) bond motifs is 8. The Hall–Kier alpha value is -7.98. The first-order valence-electron chi connectivity index (χ1n) is 19.0. The Morgan fingerprint density at radius 2 is 1.02 bits per heavy atom. The van der Waals surface area contributed by atoms with Gasteiger partial charge in [0.1, 0.15) is 16.7 Å². The average Bonchev–Trinajstić information content (AvgIpc) is 3.90. The molecule has 0 unspecified atom stereocenters. The standard InChI is InChI=1S/C48H28N8O2/c1-2-8-31-30(7-1)29(27-14-16-28(17-15-27)48-53-44-40(58-48)21-20-39-41(44)33-9-3-4-13-38(33)57-39)18-19-32(31)45-54-46(34-10-5-11-36-42(34)52-26-25-50-36)56-47(55-45)35-22-24-49-37-12-6-23-51-43(35)37/h1-14,16,18-26H,15,17H2. The monoisotopic (exact) mass is 748 g/mol. The zero-order valence-electron chi connectivity index (χ0n) is 30.7. The van der Waals surface area contributed by atoms with Gasteiger partial charge in [0.05, 0.1) is 27.5 Å². The molecule has 0 fully saturated rings. The molecule has 0 N–H and O–H groups in total. The third-order valence-corrected chi connectivity index (χ3v) is 10.9. The fourth-order valence-corrected chi connectivity index (χ4v) is 8.22. The van der Waals surface area contributed by atoms with Crippen molar-refractivity contribution in [2.45, 2.75) is 12.8 Å². The maximum Gasteiger partial charge on any atom is 0.223 e. The molecule has 0 spiro atoms. The number of hydrogen-bond acceptors (Lipinski definition) is 10. The van der Waals surface area contributed by atoms with E-state index in [0.717, 1.165) is 95.5 Å². The summed E-state index contributed by atoms with van der Waals surface area (Å²) in [5.41, 5.74) is 12.0. The van der Waals surface area contributed by atoms with Gasteiger partial charge >= 0.3 is 0 Å². The highest BCUT2D eigenvalue weighted by atomic mass is 16.4. The minimum Gasteiger partial charge on any atom is -0.456 e. The molecule has 10 heteroatoms. The quantitative estimate of drug-likeness (QED) is 0.168. The van der Waals surface area contributed by atoms with E-state index in [1.807, 2.05) is 66.7 Å². The SMILES string of the molecule is C1=C(c2nc3c(ccc4oc5ccccc5c43)o2)CCC(c2ccc(-c3nc(-c4cccc5nccnc45)nc(-c4ccnc5cccnc45)n3)c3ccccc23)=C1. The number of oxazole rings is 1. The number of aromatic nitrogens is 8. The van der Waals surface area contributed by atoms with Gasteiger partial charge in [-0.05, 0) is 89.3 Å².